The summed E-state index contributed by atoms with van der Waals surface area (Å²) in [6, 6.07) is 7.39. The average Bonchev–Trinajstić information content (AvgIpc) is 2.43. The summed E-state index contributed by atoms with van der Waals surface area (Å²) in [5, 5.41) is 0.682. The second-order valence-electron chi connectivity index (χ2n) is 4.77. The van der Waals surface area contributed by atoms with Crippen LogP contribution in [-0.2, 0) is 20.7 Å². The number of halogens is 1. The van der Waals surface area contributed by atoms with Crippen molar-refractivity contribution in [3.8, 4) is 0 Å². The van der Waals surface area contributed by atoms with E-state index in [1.807, 2.05) is 31.2 Å². The molecule has 0 radical (unpaired) electrons. The summed E-state index contributed by atoms with van der Waals surface area (Å²) in [6.45, 7) is 3.65. The fourth-order valence-corrected chi connectivity index (χ4v) is 2.56. The van der Waals surface area contributed by atoms with Gasteiger partial charge >= 0.3 is 0 Å². The monoisotopic (exact) mass is 282 g/mol. The topological polar surface area (TPSA) is 35.5 Å². The Hall–Kier alpha value is -0.900. The van der Waals surface area contributed by atoms with Gasteiger partial charge in [-0.05, 0) is 24.6 Å². The summed E-state index contributed by atoms with van der Waals surface area (Å²) < 4.78 is 11.1. The fraction of sp³-hybridized carbons (Fsp3) is 0.533. The maximum atomic E-state index is 12.6. The van der Waals surface area contributed by atoms with Gasteiger partial charge in [0.15, 0.2) is 5.78 Å². The van der Waals surface area contributed by atoms with Crippen molar-refractivity contribution in [1.82, 2.24) is 0 Å². The predicted molar refractivity (Wildman–Crippen MR) is 74.6 cm³/mol. The van der Waals surface area contributed by atoms with E-state index in [0.29, 0.717) is 44.1 Å². The molecule has 0 N–H and O–H groups in total. The predicted octanol–water partition coefficient (Wildman–Crippen LogP) is 3.04. The van der Waals surface area contributed by atoms with Crippen LogP contribution in [0.1, 0.15) is 25.3 Å². The molecule has 0 aliphatic carbocycles. The van der Waals surface area contributed by atoms with Crippen molar-refractivity contribution >= 4 is 17.4 Å². The number of Topliss-reactive ketones (excluding diaryl/α,β-unsaturated/α-hetero) is 1. The van der Waals surface area contributed by atoms with Crippen LogP contribution in [0.2, 0.25) is 5.02 Å². The lowest BCUT2D eigenvalue weighted by Gasteiger charge is -2.35. The molecule has 1 heterocycles. The summed E-state index contributed by atoms with van der Waals surface area (Å²) in [5.74, 6) is 0.139. The first-order chi connectivity index (χ1) is 9.16. The Morgan fingerprint density at radius 3 is 2.53 bits per heavy atom. The van der Waals surface area contributed by atoms with Crippen LogP contribution < -0.4 is 0 Å². The largest absolute Gasteiger partial charge is 0.381 e. The van der Waals surface area contributed by atoms with E-state index >= 15 is 0 Å². The van der Waals surface area contributed by atoms with Crippen LogP contribution in [0.15, 0.2) is 24.3 Å². The minimum atomic E-state index is -0.660. The summed E-state index contributed by atoms with van der Waals surface area (Å²) in [6.07, 6.45) is 1.68. The van der Waals surface area contributed by atoms with Gasteiger partial charge in [0.1, 0.15) is 5.60 Å². The van der Waals surface area contributed by atoms with Crippen LogP contribution in [0.3, 0.4) is 0 Å². The molecule has 1 aliphatic heterocycles. The molecule has 0 amide bonds. The third-order valence-corrected chi connectivity index (χ3v) is 3.76. The summed E-state index contributed by atoms with van der Waals surface area (Å²) >= 11 is 5.85. The first-order valence-electron chi connectivity index (χ1n) is 6.66. The van der Waals surface area contributed by atoms with Gasteiger partial charge in [0.25, 0.3) is 0 Å². The van der Waals surface area contributed by atoms with E-state index in [1.54, 1.807) is 0 Å². The molecule has 0 atom stereocenters. The SMILES string of the molecule is CCOC1(C(=O)Cc2ccc(Cl)cc2)CCOCC1. The Labute approximate surface area is 118 Å². The Morgan fingerprint density at radius 2 is 1.95 bits per heavy atom. The Bertz CT molecular complexity index is 416. The molecule has 1 saturated heterocycles. The van der Waals surface area contributed by atoms with Crippen LogP contribution >= 0.6 is 11.6 Å². The second-order valence-corrected chi connectivity index (χ2v) is 5.20. The molecule has 0 saturated carbocycles. The second kappa shape index (κ2) is 6.51. The number of benzene rings is 1. The molecule has 104 valence electrons. The third kappa shape index (κ3) is 3.56. The molecule has 0 bridgehead atoms. The van der Waals surface area contributed by atoms with Crippen molar-refractivity contribution < 1.29 is 14.3 Å². The Balaban J connectivity index is 2.09. The number of carbonyl (C=O) groups is 1. The summed E-state index contributed by atoms with van der Waals surface area (Å²) in [4.78, 5) is 12.6. The molecule has 1 aliphatic rings. The lowest BCUT2D eigenvalue weighted by molar-refractivity contribution is -0.156. The maximum absolute atomic E-state index is 12.6. The molecule has 4 heteroatoms. The fourth-order valence-electron chi connectivity index (χ4n) is 2.43. The highest BCUT2D eigenvalue weighted by molar-refractivity contribution is 6.30. The van der Waals surface area contributed by atoms with Gasteiger partial charge < -0.3 is 9.47 Å². The van der Waals surface area contributed by atoms with Gasteiger partial charge in [-0.1, -0.05) is 23.7 Å². The molecular weight excluding hydrogens is 264 g/mol. The normalized spacial score (nSPS) is 18.2. The first-order valence-corrected chi connectivity index (χ1v) is 7.03. The first kappa shape index (κ1) is 14.5. The molecule has 19 heavy (non-hydrogen) atoms. The van der Waals surface area contributed by atoms with Gasteiger partial charge in [-0.25, -0.2) is 0 Å². The zero-order valence-corrected chi connectivity index (χ0v) is 11.9. The number of ketones is 1. The van der Waals surface area contributed by atoms with Crippen molar-refractivity contribution in [3.63, 3.8) is 0 Å². The van der Waals surface area contributed by atoms with Crippen LogP contribution in [0.4, 0.5) is 0 Å². The number of hydrogen-bond donors (Lipinski definition) is 0. The molecule has 0 unspecified atom stereocenters. The maximum Gasteiger partial charge on any atom is 0.169 e. The summed E-state index contributed by atoms with van der Waals surface area (Å²) in [7, 11) is 0. The highest BCUT2D eigenvalue weighted by Crippen LogP contribution is 2.28. The van der Waals surface area contributed by atoms with Crippen molar-refractivity contribution in [2.45, 2.75) is 31.8 Å². The van der Waals surface area contributed by atoms with Crippen molar-refractivity contribution in [1.29, 1.82) is 0 Å². The van der Waals surface area contributed by atoms with Gasteiger partial charge in [-0.2, -0.15) is 0 Å². The minimum Gasteiger partial charge on any atom is -0.381 e. The smallest absolute Gasteiger partial charge is 0.169 e. The molecule has 3 nitrogen and oxygen atoms in total. The lowest BCUT2D eigenvalue weighted by atomic mass is 9.86. The van der Waals surface area contributed by atoms with E-state index in [0.717, 1.165) is 5.56 Å². The van der Waals surface area contributed by atoms with E-state index in [-0.39, 0.29) is 5.78 Å². The van der Waals surface area contributed by atoms with Crippen molar-refractivity contribution in [2.75, 3.05) is 19.8 Å². The highest BCUT2D eigenvalue weighted by Gasteiger charge is 2.40. The molecule has 0 aromatic heterocycles. The highest BCUT2D eigenvalue weighted by atomic mass is 35.5. The quantitative estimate of drug-likeness (QED) is 0.833. The van der Waals surface area contributed by atoms with Crippen LogP contribution in [0, 0.1) is 0 Å². The van der Waals surface area contributed by atoms with Gasteiger partial charge in [0.2, 0.25) is 0 Å². The van der Waals surface area contributed by atoms with Crippen molar-refractivity contribution in [3.05, 3.63) is 34.9 Å². The zero-order chi connectivity index (χ0) is 13.7. The average molecular weight is 283 g/mol. The molecule has 1 fully saturated rings. The zero-order valence-electron chi connectivity index (χ0n) is 11.2. The minimum absolute atomic E-state index is 0.139. The van der Waals surface area contributed by atoms with Gasteiger partial charge in [-0.15, -0.1) is 0 Å². The van der Waals surface area contributed by atoms with E-state index in [2.05, 4.69) is 0 Å². The summed E-state index contributed by atoms with van der Waals surface area (Å²) in [5.41, 5.74) is 0.312. The number of hydrogen-bond acceptors (Lipinski definition) is 3. The number of rotatable bonds is 5. The molecule has 1 aromatic carbocycles. The van der Waals surface area contributed by atoms with E-state index in [9.17, 15) is 4.79 Å². The standard InChI is InChI=1S/C15H19ClO3/c1-2-19-15(7-9-18-10-8-15)14(17)11-12-3-5-13(16)6-4-12/h3-6H,2,7-11H2,1H3. The number of carbonyl (C=O) groups excluding carboxylic acids is 1. The van der Waals surface area contributed by atoms with Crippen LogP contribution in [-0.4, -0.2) is 31.2 Å². The van der Waals surface area contributed by atoms with E-state index < -0.39 is 5.60 Å². The van der Waals surface area contributed by atoms with Gasteiger partial charge in [0.05, 0.1) is 0 Å². The van der Waals surface area contributed by atoms with Crippen LogP contribution in [0.25, 0.3) is 0 Å². The van der Waals surface area contributed by atoms with Gasteiger partial charge in [0, 0.05) is 44.1 Å². The van der Waals surface area contributed by atoms with Crippen LogP contribution in [0.5, 0.6) is 0 Å². The Morgan fingerprint density at radius 1 is 1.32 bits per heavy atom. The van der Waals surface area contributed by atoms with E-state index in [4.69, 9.17) is 21.1 Å². The lowest BCUT2D eigenvalue weighted by Crippen LogP contribution is -2.47. The Kier molecular flexibility index (Phi) is 4.97. The van der Waals surface area contributed by atoms with Gasteiger partial charge in [-0.3, -0.25) is 4.79 Å². The molecule has 2 rings (SSSR count). The molecule has 1 aromatic rings. The van der Waals surface area contributed by atoms with E-state index in [1.165, 1.54) is 0 Å². The molecule has 0 spiro atoms. The molecular formula is C15H19ClO3. The number of ether oxygens (including phenoxy) is 2. The van der Waals surface area contributed by atoms with Crippen molar-refractivity contribution in [2.24, 2.45) is 0 Å². The third-order valence-electron chi connectivity index (χ3n) is 3.51.